The molecule has 0 bridgehead atoms. The summed E-state index contributed by atoms with van der Waals surface area (Å²) in [6.45, 7) is 0.769. The third-order valence-electron chi connectivity index (χ3n) is 4.76. The van der Waals surface area contributed by atoms with E-state index >= 15 is 0 Å². The van der Waals surface area contributed by atoms with Crippen LogP contribution in [0, 0.1) is 0 Å². The summed E-state index contributed by atoms with van der Waals surface area (Å²) in [6, 6.07) is 17.2. The molecule has 0 heterocycles. The van der Waals surface area contributed by atoms with Gasteiger partial charge in [0.2, 0.25) is 0 Å². The first kappa shape index (κ1) is 24.9. The second kappa shape index (κ2) is 11.4. The zero-order chi connectivity index (χ0) is 24.6. The number of hydrogen-bond donors (Lipinski definition) is 2. The molecule has 0 aliphatic rings. The van der Waals surface area contributed by atoms with Crippen molar-refractivity contribution in [1.82, 2.24) is 0 Å². The van der Waals surface area contributed by atoms with E-state index in [2.05, 4.69) is 10.0 Å². The summed E-state index contributed by atoms with van der Waals surface area (Å²) in [7, 11) is 0.606. The van der Waals surface area contributed by atoms with Crippen LogP contribution in [-0.4, -0.2) is 48.9 Å². The van der Waals surface area contributed by atoms with E-state index in [-0.39, 0.29) is 16.1 Å². The number of hydrogen-bond acceptors (Lipinski definition) is 7. The summed E-state index contributed by atoms with van der Waals surface area (Å²) in [4.78, 5) is 13.0. The fourth-order valence-corrected chi connectivity index (χ4v) is 4.10. The number of ether oxygens (including phenoxy) is 4. The zero-order valence-corrected chi connectivity index (χ0v) is 19.8. The van der Waals surface area contributed by atoms with Gasteiger partial charge in [-0.3, -0.25) is 9.52 Å². The number of amides is 1. The maximum Gasteiger partial charge on any atom is 0.261 e. The summed E-state index contributed by atoms with van der Waals surface area (Å²) in [6.07, 6.45) is 0. The van der Waals surface area contributed by atoms with Crippen LogP contribution in [0.15, 0.2) is 71.6 Å². The van der Waals surface area contributed by atoms with Gasteiger partial charge in [0.25, 0.3) is 15.9 Å². The topological polar surface area (TPSA) is 112 Å². The molecule has 0 radical (unpaired) electrons. The van der Waals surface area contributed by atoms with Crippen molar-refractivity contribution >= 4 is 27.3 Å². The first-order valence-electron chi connectivity index (χ1n) is 10.2. The van der Waals surface area contributed by atoms with E-state index in [9.17, 15) is 13.2 Å². The molecule has 0 fully saturated rings. The number of methoxy groups -OCH3 is 3. The Hall–Kier alpha value is -3.76. The summed E-state index contributed by atoms with van der Waals surface area (Å²) in [5.74, 6) is 0.976. The lowest BCUT2D eigenvalue weighted by Crippen LogP contribution is -2.19. The maximum absolute atomic E-state index is 13.0. The fourth-order valence-electron chi connectivity index (χ4n) is 3.02. The smallest absolute Gasteiger partial charge is 0.261 e. The standard InChI is InChI=1S/C24H26N2O7S/c1-30-14-15-33-17-8-11-19(12-9-17)34(28,29)26-21-7-5-4-6-20(21)24(27)25-22-13-10-18(31-2)16-23(22)32-3/h4-13,16,26H,14-15H2,1-3H3,(H,25,27). The lowest BCUT2D eigenvalue weighted by molar-refractivity contribution is 0.102. The largest absolute Gasteiger partial charge is 0.497 e. The molecule has 1 amide bonds. The van der Waals surface area contributed by atoms with Gasteiger partial charge in [-0.25, -0.2) is 8.42 Å². The van der Waals surface area contributed by atoms with Gasteiger partial charge in [-0.1, -0.05) is 12.1 Å². The molecule has 3 rings (SSSR count). The minimum absolute atomic E-state index is 0.0265. The minimum atomic E-state index is -3.96. The molecule has 3 aromatic rings. The first-order valence-corrected chi connectivity index (χ1v) is 11.7. The number of anilines is 2. The quantitative estimate of drug-likeness (QED) is 0.397. The SMILES string of the molecule is COCCOc1ccc(S(=O)(=O)Nc2ccccc2C(=O)Nc2ccc(OC)cc2OC)cc1. The van der Waals surface area contributed by atoms with Crippen molar-refractivity contribution < 1.29 is 32.2 Å². The summed E-state index contributed by atoms with van der Waals surface area (Å²) >= 11 is 0. The van der Waals surface area contributed by atoms with Crippen LogP contribution < -0.4 is 24.2 Å². The van der Waals surface area contributed by atoms with Crippen molar-refractivity contribution in [3.63, 3.8) is 0 Å². The van der Waals surface area contributed by atoms with Crippen LogP contribution in [0.3, 0.4) is 0 Å². The van der Waals surface area contributed by atoms with E-state index in [0.717, 1.165) is 0 Å². The highest BCUT2D eigenvalue weighted by atomic mass is 32.2. The zero-order valence-electron chi connectivity index (χ0n) is 19.0. The number of sulfonamides is 1. The Morgan fingerprint density at radius 3 is 2.21 bits per heavy atom. The predicted octanol–water partition coefficient (Wildman–Crippen LogP) is 3.78. The number of rotatable bonds is 11. The van der Waals surface area contributed by atoms with Gasteiger partial charge in [0, 0.05) is 13.2 Å². The van der Waals surface area contributed by atoms with E-state index < -0.39 is 15.9 Å². The minimum Gasteiger partial charge on any atom is -0.497 e. The molecule has 0 spiro atoms. The van der Waals surface area contributed by atoms with Crippen LogP contribution in [0.2, 0.25) is 0 Å². The molecule has 0 aromatic heterocycles. The second-order valence-corrected chi connectivity index (χ2v) is 8.67. The molecule has 0 unspecified atom stereocenters. The van der Waals surface area contributed by atoms with Gasteiger partial charge in [-0.15, -0.1) is 0 Å². The lowest BCUT2D eigenvalue weighted by Gasteiger charge is -2.15. The summed E-state index contributed by atoms with van der Waals surface area (Å²) in [5.41, 5.74) is 0.686. The molecule has 0 saturated carbocycles. The van der Waals surface area contributed by atoms with E-state index in [1.54, 1.807) is 49.6 Å². The van der Waals surface area contributed by atoms with E-state index in [1.807, 2.05) is 0 Å². The number of nitrogens with one attached hydrogen (secondary N) is 2. The maximum atomic E-state index is 13.0. The Bertz CT molecular complexity index is 1230. The van der Waals surface area contributed by atoms with Gasteiger partial charge in [0.15, 0.2) is 0 Å². The summed E-state index contributed by atoms with van der Waals surface area (Å²) < 4.78 is 49.2. The van der Waals surface area contributed by atoms with Crippen molar-refractivity contribution in [2.45, 2.75) is 4.90 Å². The fraction of sp³-hybridized carbons (Fsp3) is 0.208. The van der Waals surface area contributed by atoms with Gasteiger partial charge in [-0.2, -0.15) is 0 Å². The Kier molecular flexibility index (Phi) is 8.34. The second-order valence-electron chi connectivity index (χ2n) is 6.98. The number of para-hydroxylation sites is 1. The first-order chi connectivity index (χ1) is 16.4. The number of carbonyl (C=O) groups excluding carboxylic acids is 1. The molecule has 0 saturated heterocycles. The van der Waals surface area contributed by atoms with E-state index in [0.29, 0.717) is 36.1 Å². The Labute approximate surface area is 198 Å². The van der Waals surface area contributed by atoms with Crippen LogP contribution in [0.25, 0.3) is 0 Å². The molecule has 0 aliphatic carbocycles. The lowest BCUT2D eigenvalue weighted by atomic mass is 10.1. The van der Waals surface area contributed by atoms with Crippen LogP contribution >= 0.6 is 0 Å². The summed E-state index contributed by atoms with van der Waals surface area (Å²) in [5, 5.41) is 2.75. The predicted molar refractivity (Wildman–Crippen MR) is 129 cm³/mol. The molecule has 180 valence electrons. The van der Waals surface area contributed by atoms with E-state index in [4.69, 9.17) is 18.9 Å². The Morgan fingerprint density at radius 1 is 0.824 bits per heavy atom. The highest BCUT2D eigenvalue weighted by Crippen LogP contribution is 2.30. The van der Waals surface area contributed by atoms with Gasteiger partial charge < -0.3 is 24.3 Å². The van der Waals surface area contributed by atoms with Crippen molar-refractivity contribution in [2.75, 3.05) is 44.6 Å². The third-order valence-corrected chi connectivity index (χ3v) is 6.14. The number of benzene rings is 3. The molecule has 0 aliphatic heterocycles. The molecule has 2 N–H and O–H groups in total. The average Bonchev–Trinajstić information content (AvgIpc) is 2.85. The molecule has 9 nitrogen and oxygen atoms in total. The van der Waals surface area contributed by atoms with Crippen molar-refractivity contribution in [1.29, 1.82) is 0 Å². The van der Waals surface area contributed by atoms with Gasteiger partial charge in [0.1, 0.15) is 23.9 Å². The molecular weight excluding hydrogens is 460 g/mol. The molecule has 10 heteroatoms. The molecule has 34 heavy (non-hydrogen) atoms. The number of carbonyl (C=O) groups is 1. The van der Waals surface area contributed by atoms with E-state index in [1.165, 1.54) is 38.5 Å². The van der Waals surface area contributed by atoms with Crippen LogP contribution in [0.5, 0.6) is 17.2 Å². The van der Waals surface area contributed by atoms with Crippen LogP contribution in [-0.2, 0) is 14.8 Å². The van der Waals surface area contributed by atoms with Crippen molar-refractivity contribution in [3.05, 3.63) is 72.3 Å². The van der Waals surface area contributed by atoms with Crippen LogP contribution in [0.4, 0.5) is 11.4 Å². The highest BCUT2D eigenvalue weighted by Gasteiger charge is 2.20. The normalized spacial score (nSPS) is 10.9. The Morgan fingerprint density at radius 2 is 1.53 bits per heavy atom. The third kappa shape index (κ3) is 6.18. The highest BCUT2D eigenvalue weighted by molar-refractivity contribution is 7.92. The molecular formula is C24H26N2O7S. The van der Waals surface area contributed by atoms with Gasteiger partial charge >= 0.3 is 0 Å². The monoisotopic (exact) mass is 486 g/mol. The van der Waals surface area contributed by atoms with Gasteiger partial charge in [-0.05, 0) is 48.5 Å². The molecule has 0 atom stereocenters. The van der Waals surface area contributed by atoms with Crippen LogP contribution in [0.1, 0.15) is 10.4 Å². The Balaban J connectivity index is 1.79. The van der Waals surface area contributed by atoms with Crippen molar-refractivity contribution in [3.8, 4) is 17.2 Å². The van der Waals surface area contributed by atoms with Crippen molar-refractivity contribution in [2.24, 2.45) is 0 Å². The van der Waals surface area contributed by atoms with Gasteiger partial charge in [0.05, 0.1) is 42.7 Å². The molecule has 3 aromatic carbocycles. The average molecular weight is 487 g/mol.